The summed E-state index contributed by atoms with van der Waals surface area (Å²) >= 11 is 0. The van der Waals surface area contributed by atoms with Crippen molar-refractivity contribution in [3.63, 3.8) is 0 Å². The topological polar surface area (TPSA) is 119 Å². The van der Waals surface area contributed by atoms with Gasteiger partial charge in [-0.25, -0.2) is 13.6 Å². The van der Waals surface area contributed by atoms with Gasteiger partial charge in [0, 0.05) is 31.0 Å². The van der Waals surface area contributed by atoms with Crippen LogP contribution in [0.2, 0.25) is 0 Å². The maximum absolute atomic E-state index is 11.4. The molecule has 0 bridgehead atoms. The first kappa shape index (κ1) is 16.2. The van der Waals surface area contributed by atoms with Crippen LogP contribution >= 0.6 is 0 Å². The Labute approximate surface area is 139 Å². The molecule has 1 aliphatic heterocycles. The fourth-order valence-electron chi connectivity index (χ4n) is 2.72. The van der Waals surface area contributed by atoms with Crippen LogP contribution in [0.3, 0.4) is 0 Å². The Kier molecular flexibility index (Phi) is 3.90. The molecule has 8 nitrogen and oxygen atoms in total. The van der Waals surface area contributed by atoms with Crippen LogP contribution in [0.1, 0.15) is 5.56 Å². The number of nitrogens with zero attached hydrogens (tertiary/aromatic N) is 2. The third-order valence-corrected chi connectivity index (χ3v) is 4.90. The van der Waals surface area contributed by atoms with Crippen LogP contribution in [0.25, 0.3) is 0 Å². The molecule has 3 rings (SSSR count). The van der Waals surface area contributed by atoms with Gasteiger partial charge in [-0.1, -0.05) is 6.07 Å². The van der Waals surface area contributed by atoms with Crippen molar-refractivity contribution < 1.29 is 13.3 Å². The fourth-order valence-corrected chi connectivity index (χ4v) is 3.25. The van der Waals surface area contributed by atoms with Gasteiger partial charge in [-0.05, 0) is 36.2 Å². The highest BCUT2D eigenvalue weighted by molar-refractivity contribution is 7.89. The van der Waals surface area contributed by atoms with Gasteiger partial charge in [0.05, 0.1) is 9.82 Å². The van der Waals surface area contributed by atoms with Crippen molar-refractivity contribution in [1.29, 1.82) is 0 Å². The summed E-state index contributed by atoms with van der Waals surface area (Å²) in [5, 5.41) is 19.3. The zero-order valence-electron chi connectivity index (χ0n) is 12.9. The first-order valence-corrected chi connectivity index (χ1v) is 8.72. The summed E-state index contributed by atoms with van der Waals surface area (Å²) in [4.78, 5) is 12.4. The molecule has 24 heavy (non-hydrogen) atoms. The Morgan fingerprint density at radius 3 is 2.67 bits per heavy atom. The highest BCUT2D eigenvalue weighted by atomic mass is 32.2. The number of fused-ring (bicyclic) bond motifs is 1. The molecule has 0 amide bonds. The molecule has 1 heterocycles. The smallest absolute Gasteiger partial charge is 0.294 e. The van der Waals surface area contributed by atoms with Crippen molar-refractivity contribution in [1.82, 2.24) is 0 Å². The Morgan fingerprint density at radius 1 is 1.25 bits per heavy atom. The van der Waals surface area contributed by atoms with Gasteiger partial charge < -0.3 is 10.2 Å². The van der Waals surface area contributed by atoms with Crippen LogP contribution in [-0.4, -0.2) is 26.9 Å². The number of nitrogens with one attached hydrogen (secondary N) is 1. The Bertz CT molecular complexity index is 927. The number of primary sulfonamides is 1. The number of likely N-dealkylation sites (N-methyl/N-ethyl adjacent to an activating group) is 1. The number of nitrogens with two attached hydrogens (primary N) is 1. The predicted octanol–water partition coefficient (Wildman–Crippen LogP) is 1.98. The minimum Gasteiger partial charge on any atom is -0.374 e. The number of sulfonamides is 1. The van der Waals surface area contributed by atoms with Crippen LogP contribution < -0.4 is 15.4 Å². The van der Waals surface area contributed by atoms with Gasteiger partial charge in [0.25, 0.3) is 5.69 Å². The van der Waals surface area contributed by atoms with Gasteiger partial charge in [-0.3, -0.25) is 10.1 Å². The molecule has 0 aromatic heterocycles. The maximum Gasteiger partial charge on any atom is 0.294 e. The summed E-state index contributed by atoms with van der Waals surface area (Å²) in [5.74, 6) is 0. The first-order chi connectivity index (χ1) is 11.3. The SMILES string of the molecule is CN1CCc2ccc(Nc3ccc(S(N)(=O)=O)cc3[N+](=O)[O-])cc21. The standard InChI is InChI=1S/C15H16N4O4S/c1-18-7-6-10-2-3-11(8-14(10)18)17-13-5-4-12(24(16,22)23)9-15(13)19(20)21/h2-5,8-9,17H,6-7H2,1H3,(H2,16,22,23). The lowest BCUT2D eigenvalue weighted by Gasteiger charge is -2.14. The van der Waals surface area contributed by atoms with Crippen molar-refractivity contribution in [2.24, 2.45) is 5.14 Å². The quantitative estimate of drug-likeness (QED) is 0.644. The van der Waals surface area contributed by atoms with Crippen molar-refractivity contribution in [3.8, 4) is 0 Å². The summed E-state index contributed by atoms with van der Waals surface area (Å²) in [6, 6.07) is 9.27. The lowest BCUT2D eigenvalue weighted by molar-refractivity contribution is -0.384. The zero-order valence-corrected chi connectivity index (χ0v) is 13.7. The second kappa shape index (κ2) is 5.77. The third kappa shape index (κ3) is 3.03. The number of benzene rings is 2. The number of hydrogen-bond donors (Lipinski definition) is 2. The normalized spacial score (nSPS) is 13.7. The van der Waals surface area contributed by atoms with E-state index in [0.29, 0.717) is 5.69 Å². The lowest BCUT2D eigenvalue weighted by Crippen LogP contribution is -2.13. The number of nitro groups is 1. The monoisotopic (exact) mass is 348 g/mol. The summed E-state index contributed by atoms with van der Waals surface area (Å²) in [7, 11) is -2.02. The molecular weight excluding hydrogens is 332 g/mol. The molecule has 0 aliphatic carbocycles. The Balaban J connectivity index is 1.98. The number of anilines is 3. The summed E-state index contributed by atoms with van der Waals surface area (Å²) in [6.07, 6.45) is 0.968. The molecular formula is C15H16N4O4S. The molecule has 0 unspecified atom stereocenters. The van der Waals surface area contributed by atoms with E-state index in [1.54, 1.807) is 0 Å². The largest absolute Gasteiger partial charge is 0.374 e. The summed E-state index contributed by atoms with van der Waals surface area (Å²) in [6.45, 7) is 0.933. The van der Waals surface area contributed by atoms with E-state index in [2.05, 4.69) is 10.2 Å². The van der Waals surface area contributed by atoms with Gasteiger partial charge in [0.15, 0.2) is 0 Å². The van der Waals surface area contributed by atoms with Crippen LogP contribution in [-0.2, 0) is 16.4 Å². The predicted molar refractivity (Wildman–Crippen MR) is 91.2 cm³/mol. The Hall–Kier alpha value is -2.65. The number of rotatable bonds is 4. The van der Waals surface area contributed by atoms with E-state index in [0.717, 1.165) is 24.7 Å². The van der Waals surface area contributed by atoms with Crippen molar-refractivity contribution in [2.75, 3.05) is 23.8 Å². The molecule has 0 atom stereocenters. The Morgan fingerprint density at radius 2 is 2.00 bits per heavy atom. The van der Waals surface area contributed by atoms with Crippen molar-refractivity contribution >= 4 is 32.8 Å². The average Bonchev–Trinajstić information content (AvgIpc) is 2.87. The molecule has 2 aromatic rings. The summed E-state index contributed by atoms with van der Waals surface area (Å²) < 4.78 is 22.7. The molecule has 3 N–H and O–H groups in total. The fraction of sp³-hybridized carbons (Fsp3) is 0.200. The highest BCUT2D eigenvalue weighted by Gasteiger charge is 2.20. The van der Waals surface area contributed by atoms with Gasteiger partial charge >= 0.3 is 0 Å². The molecule has 126 valence electrons. The van der Waals surface area contributed by atoms with E-state index in [-0.39, 0.29) is 16.3 Å². The molecule has 0 saturated heterocycles. The van der Waals surface area contributed by atoms with Gasteiger partial charge in [-0.2, -0.15) is 0 Å². The molecule has 1 aliphatic rings. The van der Waals surface area contributed by atoms with Crippen LogP contribution in [0.4, 0.5) is 22.7 Å². The van der Waals surface area contributed by atoms with Gasteiger partial charge in [0.2, 0.25) is 10.0 Å². The molecule has 0 fully saturated rings. The van der Waals surface area contributed by atoms with Gasteiger partial charge in [-0.15, -0.1) is 0 Å². The van der Waals surface area contributed by atoms with Crippen LogP contribution in [0.5, 0.6) is 0 Å². The van der Waals surface area contributed by atoms with Gasteiger partial charge in [0.1, 0.15) is 5.69 Å². The molecule has 0 spiro atoms. The molecule has 0 radical (unpaired) electrons. The van der Waals surface area contributed by atoms with Crippen LogP contribution in [0.15, 0.2) is 41.3 Å². The maximum atomic E-state index is 11.4. The molecule has 0 saturated carbocycles. The lowest BCUT2D eigenvalue weighted by atomic mass is 10.1. The second-order valence-electron chi connectivity index (χ2n) is 5.62. The van der Waals surface area contributed by atoms with Crippen molar-refractivity contribution in [3.05, 3.63) is 52.1 Å². The van der Waals surface area contributed by atoms with E-state index in [9.17, 15) is 18.5 Å². The summed E-state index contributed by atoms with van der Waals surface area (Å²) in [5.41, 5.74) is 2.84. The van der Waals surface area contributed by atoms with E-state index in [1.165, 1.54) is 17.7 Å². The van der Waals surface area contributed by atoms with E-state index >= 15 is 0 Å². The first-order valence-electron chi connectivity index (χ1n) is 7.18. The second-order valence-corrected chi connectivity index (χ2v) is 7.18. The molecule has 9 heteroatoms. The average molecular weight is 348 g/mol. The third-order valence-electron chi connectivity index (χ3n) is 3.99. The number of nitro benzene ring substituents is 1. The zero-order chi connectivity index (χ0) is 17.5. The minimum atomic E-state index is -4.00. The number of hydrogen-bond acceptors (Lipinski definition) is 6. The van der Waals surface area contributed by atoms with Crippen molar-refractivity contribution in [2.45, 2.75) is 11.3 Å². The van der Waals surface area contributed by atoms with E-state index in [1.807, 2.05) is 25.2 Å². The minimum absolute atomic E-state index is 0.202. The van der Waals surface area contributed by atoms with Crippen LogP contribution in [0, 0.1) is 10.1 Å². The van der Waals surface area contributed by atoms with E-state index < -0.39 is 14.9 Å². The molecule has 2 aromatic carbocycles. The van der Waals surface area contributed by atoms with E-state index in [4.69, 9.17) is 5.14 Å². The highest BCUT2D eigenvalue weighted by Crippen LogP contribution is 2.34.